The molecule has 180 valence electrons. The Hall–Kier alpha value is -4.17. The molecular formula is C28H22N2O5S. The topological polar surface area (TPSA) is 89.0 Å². The molecule has 1 saturated heterocycles. The Kier molecular flexibility index (Phi) is 5.26. The van der Waals surface area contributed by atoms with Gasteiger partial charge in [-0.1, -0.05) is 47.2 Å². The van der Waals surface area contributed by atoms with Gasteiger partial charge in [0.1, 0.15) is 19.0 Å². The molecule has 2 aliphatic rings. The lowest BCUT2D eigenvalue weighted by Crippen LogP contribution is -2.29. The van der Waals surface area contributed by atoms with Crippen LogP contribution in [0.15, 0.2) is 66.2 Å². The summed E-state index contributed by atoms with van der Waals surface area (Å²) in [6.07, 6.45) is 0. The number of nitrogens with zero attached hydrogens (tertiary/aromatic N) is 2. The van der Waals surface area contributed by atoms with Gasteiger partial charge in [0.25, 0.3) is 5.78 Å². The lowest BCUT2D eigenvalue weighted by molar-refractivity contribution is -0.132. The second-order valence-corrected chi connectivity index (χ2v) is 9.91. The van der Waals surface area contributed by atoms with Crippen LogP contribution in [0.25, 0.3) is 16.0 Å². The highest BCUT2D eigenvalue weighted by atomic mass is 32.1. The number of amides is 1. The summed E-state index contributed by atoms with van der Waals surface area (Å²) in [4.78, 5) is 32.9. The van der Waals surface area contributed by atoms with Crippen molar-refractivity contribution in [2.75, 3.05) is 18.1 Å². The fourth-order valence-electron chi connectivity index (χ4n) is 4.56. The van der Waals surface area contributed by atoms with E-state index in [9.17, 15) is 14.7 Å². The Bertz CT molecular complexity index is 1570. The number of carbonyl (C=O) groups is 2. The first-order chi connectivity index (χ1) is 17.4. The number of benzene rings is 3. The molecule has 0 saturated carbocycles. The van der Waals surface area contributed by atoms with Crippen LogP contribution >= 0.6 is 11.3 Å². The number of aliphatic hydroxyl groups excluding tert-OH is 1. The number of aryl methyl sites for hydroxylation is 2. The monoisotopic (exact) mass is 498 g/mol. The van der Waals surface area contributed by atoms with Crippen LogP contribution in [0.2, 0.25) is 0 Å². The van der Waals surface area contributed by atoms with Gasteiger partial charge in [0, 0.05) is 5.56 Å². The molecule has 1 atom stereocenters. The highest BCUT2D eigenvalue weighted by molar-refractivity contribution is 7.22. The summed E-state index contributed by atoms with van der Waals surface area (Å²) in [5, 5.41) is 11.8. The van der Waals surface area contributed by atoms with E-state index in [1.165, 1.54) is 16.2 Å². The number of anilines is 1. The second kappa shape index (κ2) is 8.49. The van der Waals surface area contributed by atoms with Gasteiger partial charge in [-0.3, -0.25) is 14.5 Å². The minimum atomic E-state index is -0.833. The molecule has 3 heterocycles. The van der Waals surface area contributed by atoms with Gasteiger partial charge in [0.15, 0.2) is 16.6 Å². The maximum atomic E-state index is 13.4. The number of fused-ring (bicyclic) bond motifs is 2. The van der Waals surface area contributed by atoms with E-state index in [0.29, 0.717) is 41.0 Å². The van der Waals surface area contributed by atoms with Crippen molar-refractivity contribution in [3.05, 3.63) is 88.5 Å². The van der Waals surface area contributed by atoms with E-state index in [-0.39, 0.29) is 11.3 Å². The number of aromatic nitrogens is 1. The van der Waals surface area contributed by atoms with Crippen molar-refractivity contribution in [3.8, 4) is 11.5 Å². The fraction of sp³-hybridized carbons (Fsp3) is 0.179. The van der Waals surface area contributed by atoms with Gasteiger partial charge in [-0.15, -0.1) is 0 Å². The quantitative estimate of drug-likeness (QED) is 0.234. The highest BCUT2D eigenvalue weighted by Gasteiger charge is 2.48. The molecule has 1 fully saturated rings. The number of hydrogen-bond donors (Lipinski definition) is 1. The van der Waals surface area contributed by atoms with E-state index in [4.69, 9.17) is 9.47 Å². The van der Waals surface area contributed by atoms with Crippen molar-refractivity contribution in [1.82, 2.24) is 4.98 Å². The predicted octanol–water partition coefficient (Wildman–Crippen LogP) is 5.31. The zero-order valence-corrected chi connectivity index (χ0v) is 20.5. The summed E-state index contributed by atoms with van der Waals surface area (Å²) in [5.41, 5.74) is 3.95. The Morgan fingerprint density at radius 3 is 2.44 bits per heavy atom. The van der Waals surface area contributed by atoms with E-state index in [1.54, 1.807) is 18.2 Å². The number of ether oxygens (including phenoxy) is 2. The van der Waals surface area contributed by atoms with Gasteiger partial charge in [-0.25, -0.2) is 4.98 Å². The number of ketones is 1. The Balaban J connectivity index is 1.54. The molecule has 8 heteroatoms. The second-order valence-electron chi connectivity index (χ2n) is 8.91. The smallest absolute Gasteiger partial charge is 0.301 e. The maximum absolute atomic E-state index is 13.4. The predicted molar refractivity (Wildman–Crippen MR) is 138 cm³/mol. The van der Waals surface area contributed by atoms with Crippen LogP contribution in [0.5, 0.6) is 11.5 Å². The SMILES string of the molecule is Cc1ccc(C2/C(=C(/O)c3ccc4c(c3)OCCO4)C(=O)C(=O)N2c2nc3ccc(C)cc3s2)cc1. The van der Waals surface area contributed by atoms with E-state index in [1.807, 2.05) is 56.3 Å². The molecule has 0 aliphatic carbocycles. The maximum Gasteiger partial charge on any atom is 0.301 e. The normalized spacial score (nSPS) is 18.7. The molecule has 36 heavy (non-hydrogen) atoms. The van der Waals surface area contributed by atoms with Crippen LogP contribution in [0, 0.1) is 13.8 Å². The molecule has 1 unspecified atom stereocenters. The molecule has 0 spiro atoms. The van der Waals surface area contributed by atoms with Gasteiger partial charge in [0.2, 0.25) is 0 Å². The van der Waals surface area contributed by atoms with Crippen molar-refractivity contribution in [1.29, 1.82) is 0 Å². The summed E-state index contributed by atoms with van der Waals surface area (Å²) in [5.74, 6) is -0.708. The third-order valence-electron chi connectivity index (χ3n) is 6.39. The van der Waals surface area contributed by atoms with Crippen LogP contribution in [-0.2, 0) is 9.59 Å². The average Bonchev–Trinajstić information content (AvgIpc) is 3.41. The van der Waals surface area contributed by atoms with Crippen molar-refractivity contribution in [2.45, 2.75) is 19.9 Å². The van der Waals surface area contributed by atoms with Gasteiger partial charge >= 0.3 is 5.91 Å². The zero-order valence-electron chi connectivity index (χ0n) is 19.6. The Morgan fingerprint density at radius 1 is 0.944 bits per heavy atom. The lowest BCUT2D eigenvalue weighted by Gasteiger charge is -2.23. The summed E-state index contributed by atoms with van der Waals surface area (Å²) in [7, 11) is 0. The van der Waals surface area contributed by atoms with Crippen molar-refractivity contribution >= 4 is 44.1 Å². The molecule has 6 rings (SSSR count). The zero-order chi connectivity index (χ0) is 25.0. The van der Waals surface area contributed by atoms with Crippen LogP contribution in [0.3, 0.4) is 0 Å². The fourth-order valence-corrected chi connectivity index (χ4v) is 5.65. The first kappa shape index (κ1) is 22.3. The summed E-state index contributed by atoms with van der Waals surface area (Å²) >= 11 is 1.35. The Labute approximate surface area is 211 Å². The first-order valence-corrected chi connectivity index (χ1v) is 12.4. The number of rotatable bonds is 3. The van der Waals surface area contributed by atoms with Gasteiger partial charge in [-0.05, 0) is 55.3 Å². The molecule has 1 aromatic heterocycles. The third-order valence-corrected chi connectivity index (χ3v) is 7.41. The van der Waals surface area contributed by atoms with Crippen LogP contribution in [-0.4, -0.2) is 35.0 Å². The number of carbonyl (C=O) groups excluding carboxylic acids is 2. The molecule has 0 radical (unpaired) electrons. The molecule has 0 bridgehead atoms. The van der Waals surface area contributed by atoms with E-state index in [0.717, 1.165) is 21.3 Å². The summed E-state index contributed by atoms with van der Waals surface area (Å²) in [6.45, 7) is 4.79. The lowest BCUT2D eigenvalue weighted by atomic mass is 9.94. The molecular weight excluding hydrogens is 476 g/mol. The molecule has 7 nitrogen and oxygen atoms in total. The van der Waals surface area contributed by atoms with E-state index >= 15 is 0 Å². The minimum absolute atomic E-state index is 0.0102. The molecule has 1 amide bonds. The van der Waals surface area contributed by atoms with Crippen LogP contribution in [0.1, 0.15) is 28.3 Å². The van der Waals surface area contributed by atoms with Crippen LogP contribution in [0.4, 0.5) is 5.13 Å². The minimum Gasteiger partial charge on any atom is -0.507 e. The standard InChI is InChI=1S/C28H22N2O5S/c1-15-3-6-17(7-4-15)24-23(25(31)18-8-10-20-21(14-18)35-12-11-34-20)26(32)27(33)30(24)28-29-19-9-5-16(2)13-22(19)36-28/h3-10,13-14,24,31H,11-12H2,1-2H3/b25-23-. The van der Waals surface area contributed by atoms with Gasteiger partial charge in [-0.2, -0.15) is 0 Å². The number of Topliss-reactive ketones (excluding diaryl/α,β-unsaturated/α-hetero) is 1. The molecule has 2 aliphatic heterocycles. The van der Waals surface area contributed by atoms with E-state index < -0.39 is 17.7 Å². The molecule has 4 aromatic rings. The summed E-state index contributed by atoms with van der Waals surface area (Å²) < 4.78 is 12.1. The Morgan fingerprint density at radius 2 is 1.67 bits per heavy atom. The van der Waals surface area contributed by atoms with Crippen LogP contribution < -0.4 is 14.4 Å². The number of thiazole rings is 1. The summed E-state index contributed by atoms with van der Waals surface area (Å²) in [6, 6.07) is 17.6. The van der Waals surface area contributed by atoms with Crippen molar-refractivity contribution < 1.29 is 24.2 Å². The van der Waals surface area contributed by atoms with Crippen molar-refractivity contribution in [3.63, 3.8) is 0 Å². The highest BCUT2D eigenvalue weighted by Crippen LogP contribution is 2.45. The van der Waals surface area contributed by atoms with Crippen molar-refractivity contribution in [2.24, 2.45) is 0 Å². The molecule has 1 N–H and O–H groups in total. The first-order valence-electron chi connectivity index (χ1n) is 11.6. The largest absolute Gasteiger partial charge is 0.507 e. The van der Waals surface area contributed by atoms with E-state index in [2.05, 4.69) is 4.98 Å². The average molecular weight is 499 g/mol. The van der Waals surface area contributed by atoms with Gasteiger partial charge < -0.3 is 14.6 Å². The van der Waals surface area contributed by atoms with Gasteiger partial charge in [0.05, 0.1) is 21.8 Å². The third kappa shape index (κ3) is 3.61. The molecule has 3 aromatic carbocycles. The number of hydrogen-bond acceptors (Lipinski definition) is 7. The number of aliphatic hydroxyl groups is 1.